The number of ether oxygens (including phenoxy) is 2. The number of nitrogens with zero attached hydrogens (tertiary/aromatic N) is 1. The summed E-state index contributed by atoms with van der Waals surface area (Å²) in [6, 6.07) is 3.40. The highest BCUT2D eigenvalue weighted by atomic mass is 35.5. The largest absolute Gasteiger partial charge is 0.493 e. The normalized spacial score (nSPS) is 10.4. The molecule has 0 fully saturated rings. The van der Waals surface area contributed by atoms with Crippen molar-refractivity contribution in [3.63, 3.8) is 0 Å². The first kappa shape index (κ1) is 14.4. The second-order valence-electron chi connectivity index (χ2n) is 4.32. The Morgan fingerprint density at radius 3 is 2.45 bits per heavy atom. The maximum atomic E-state index is 11.8. The van der Waals surface area contributed by atoms with Gasteiger partial charge in [-0.1, -0.05) is 11.6 Å². The van der Waals surface area contributed by atoms with Crippen molar-refractivity contribution in [1.82, 2.24) is 9.97 Å². The number of nitrogens with one attached hydrogen (secondary N) is 1. The summed E-state index contributed by atoms with van der Waals surface area (Å²) in [5, 5.41) is 0.391. The number of methoxy groups -OCH3 is 2. The van der Waals surface area contributed by atoms with Crippen LogP contribution < -0.4 is 15.0 Å². The van der Waals surface area contributed by atoms with Gasteiger partial charge in [0.1, 0.15) is 5.82 Å². The monoisotopic (exact) mass is 294 g/mol. The first-order chi connectivity index (χ1) is 9.47. The molecule has 0 aliphatic heterocycles. The molecule has 0 unspecified atom stereocenters. The fraction of sp³-hybridized carbons (Fsp3) is 0.286. The smallest absolute Gasteiger partial charge is 0.254 e. The highest BCUT2D eigenvalue weighted by molar-refractivity contribution is 6.32. The molecule has 1 aromatic carbocycles. The molecule has 0 saturated carbocycles. The van der Waals surface area contributed by atoms with Gasteiger partial charge < -0.3 is 14.5 Å². The highest BCUT2D eigenvalue weighted by Gasteiger charge is 2.14. The summed E-state index contributed by atoms with van der Waals surface area (Å²) in [5.41, 5.74) is 1.77. The van der Waals surface area contributed by atoms with Crippen LogP contribution in [0.3, 0.4) is 0 Å². The number of hydrogen-bond acceptors (Lipinski definition) is 4. The molecule has 2 rings (SSSR count). The molecule has 0 radical (unpaired) electrons. The van der Waals surface area contributed by atoms with Crippen molar-refractivity contribution in [3.8, 4) is 22.9 Å². The Balaban J connectivity index is 2.65. The van der Waals surface area contributed by atoms with Crippen molar-refractivity contribution >= 4 is 11.6 Å². The number of aryl methyl sites for hydroxylation is 1. The van der Waals surface area contributed by atoms with Crippen molar-refractivity contribution in [1.29, 1.82) is 0 Å². The van der Waals surface area contributed by atoms with Crippen LogP contribution in [0, 0.1) is 13.8 Å². The van der Waals surface area contributed by atoms with Crippen LogP contribution in [0.2, 0.25) is 5.02 Å². The third-order valence-corrected chi connectivity index (χ3v) is 3.38. The Hall–Kier alpha value is -2.01. The maximum absolute atomic E-state index is 11.8. The van der Waals surface area contributed by atoms with Gasteiger partial charge in [-0.05, 0) is 26.0 Å². The molecular weight excluding hydrogens is 280 g/mol. The number of aromatic amines is 1. The molecule has 0 aliphatic rings. The Bertz CT molecular complexity index is 710. The summed E-state index contributed by atoms with van der Waals surface area (Å²) in [6.45, 7) is 3.52. The third kappa shape index (κ3) is 2.49. The Morgan fingerprint density at radius 1 is 1.20 bits per heavy atom. The van der Waals surface area contributed by atoms with E-state index in [-0.39, 0.29) is 5.56 Å². The summed E-state index contributed by atoms with van der Waals surface area (Å²) in [4.78, 5) is 18.9. The molecule has 1 aromatic heterocycles. The summed E-state index contributed by atoms with van der Waals surface area (Å²) < 4.78 is 10.4. The molecule has 0 spiro atoms. The lowest BCUT2D eigenvalue weighted by Crippen LogP contribution is -2.14. The van der Waals surface area contributed by atoms with Crippen LogP contribution in [0.15, 0.2) is 16.9 Å². The van der Waals surface area contributed by atoms with E-state index in [0.29, 0.717) is 39.2 Å². The van der Waals surface area contributed by atoms with E-state index in [1.165, 1.54) is 14.2 Å². The summed E-state index contributed by atoms with van der Waals surface area (Å²) in [6.07, 6.45) is 0. The molecule has 6 heteroatoms. The zero-order valence-electron chi connectivity index (χ0n) is 11.7. The van der Waals surface area contributed by atoms with E-state index in [9.17, 15) is 4.79 Å². The second-order valence-corrected chi connectivity index (χ2v) is 4.73. The van der Waals surface area contributed by atoms with Crippen LogP contribution in [0.25, 0.3) is 11.4 Å². The number of halogens is 1. The number of H-pyrrole nitrogens is 1. The molecule has 0 atom stereocenters. The van der Waals surface area contributed by atoms with Gasteiger partial charge in [0.15, 0.2) is 11.5 Å². The Kier molecular flexibility index (Phi) is 3.99. The number of rotatable bonds is 3. The van der Waals surface area contributed by atoms with Gasteiger partial charge in [0.25, 0.3) is 5.56 Å². The van der Waals surface area contributed by atoms with Gasteiger partial charge in [-0.3, -0.25) is 4.79 Å². The fourth-order valence-electron chi connectivity index (χ4n) is 1.84. The van der Waals surface area contributed by atoms with Crippen molar-refractivity contribution in [3.05, 3.63) is 38.8 Å². The average Bonchev–Trinajstić information content (AvgIpc) is 2.43. The molecule has 5 nitrogen and oxygen atoms in total. The lowest BCUT2D eigenvalue weighted by atomic mass is 10.1. The molecule has 106 valence electrons. The van der Waals surface area contributed by atoms with E-state index in [2.05, 4.69) is 9.97 Å². The standard InChI is InChI=1S/C14H15ClN2O3/c1-7-8(2)16-13(17-14(7)18)9-5-10(15)12(20-4)11(6-9)19-3/h5-6H,1-4H3,(H,16,17,18). The van der Waals surface area contributed by atoms with Crippen LogP contribution >= 0.6 is 11.6 Å². The van der Waals surface area contributed by atoms with Crippen LogP contribution in [0.1, 0.15) is 11.3 Å². The van der Waals surface area contributed by atoms with E-state index >= 15 is 0 Å². The van der Waals surface area contributed by atoms with Gasteiger partial charge in [-0.15, -0.1) is 0 Å². The quantitative estimate of drug-likeness (QED) is 0.945. The van der Waals surface area contributed by atoms with E-state index < -0.39 is 0 Å². The van der Waals surface area contributed by atoms with Gasteiger partial charge >= 0.3 is 0 Å². The zero-order chi connectivity index (χ0) is 14.9. The van der Waals surface area contributed by atoms with Crippen LogP contribution in [-0.2, 0) is 0 Å². The van der Waals surface area contributed by atoms with Crippen molar-refractivity contribution < 1.29 is 9.47 Å². The number of aromatic nitrogens is 2. The van der Waals surface area contributed by atoms with E-state index in [4.69, 9.17) is 21.1 Å². The second kappa shape index (κ2) is 5.54. The zero-order valence-corrected chi connectivity index (χ0v) is 12.5. The molecule has 1 N–H and O–H groups in total. The van der Waals surface area contributed by atoms with Crippen LogP contribution in [-0.4, -0.2) is 24.2 Å². The van der Waals surface area contributed by atoms with Gasteiger partial charge in [0.2, 0.25) is 0 Å². The number of benzene rings is 1. The minimum absolute atomic E-state index is 0.168. The Morgan fingerprint density at radius 2 is 1.90 bits per heavy atom. The lowest BCUT2D eigenvalue weighted by molar-refractivity contribution is 0.355. The topological polar surface area (TPSA) is 64.2 Å². The van der Waals surface area contributed by atoms with Crippen molar-refractivity contribution in [2.45, 2.75) is 13.8 Å². The number of hydrogen-bond donors (Lipinski definition) is 1. The molecule has 0 bridgehead atoms. The maximum Gasteiger partial charge on any atom is 0.254 e. The van der Waals surface area contributed by atoms with E-state index in [1.54, 1.807) is 26.0 Å². The molecule has 0 aliphatic carbocycles. The van der Waals surface area contributed by atoms with Crippen molar-refractivity contribution in [2.24, 2.45) is 0 Å². The predicted molar refractivity (Wildman–Crippen MR) is 77.9 cm³/mol. The van der Waals surface area contributed by atoms with Gasteiger partial charge in [-0.25, -0.2) is 4.98 Å². The molecule has 0 saturated heterocycles. The van der Waals surface area contributed by atoms with Gasteiger partial charge in [0.05, 0.1) is 19.2 Å². The molecule has 20 heavy (non-hydrogen) atoms. The fourth-order valence-corrected chi connectivity index (χ4v) is 2.12. The van der Waals surface area contributed by atoms with Gasteiger partial charge in [-0.2, -0.15) is 0 Å². The Labute approximate surface area is 121 Å². The van der Waals surface area contributed by atoms with Crippen molar-refractivity contribution in [2.75, 3.05) is 14.2 Å². The first-order valence-electron chi connectivity index (χ1n) is 5.97. The lowest BCUT2D eigenvalue weighted by Gasteiger charge is -2.12. The summed E-state index contributed by atoms with van der Waals surface area (Å²) >= 11 is 6.15. The van der Waals surface area contributed by atoms with E-state index in [0.717, 1.165) is 0 Å². The van der Waals surface area contributed by atoms with Crippen LogP contribution in [0.4, 0.5) is 0 Å². The first-order valence-corrected chi connectivity index (χ1v) is 6.35. The summed E-state index contributed by atoms with van der Waals surface area (Å²) in [5.74, 6) is 1.38. The minimum Gasteiger partial charge on any atom is -0.493 e. The predicted octanol–water partition coefficient (Wildman–Crippen LogP) is 2.72. The summed E-state index contributed by atoms with van der Waals surface area (Å²) in [7, 11) is 3.04. The molecule has 2 aromatic rings. The van der Waals surface area contributed by atoms with E-state index in [1.807, 2.05) is 0 Å². The van der Waals surface area contributed by atoms with Crippen LogP contribution in [0.5, 0.6) is 11.5 Å². The molecule has 1 heterocycles. The van der Waals surface area contributed by atoms with Gasteiger partial charge in [0, 0.05) is 16.8 Å². The highest BCUT2D eigenvalue weighted by Crippen LogP contribution is 2.38. The SMILES string of the molecule is COc1cc(-c2nc(C)c(C)c(=O)[nH]2)cc(Cl)c1OC. The molecular formula is C14H15ClN2O3. The third-order valence-electron chi connectivity index (χ3n) is 3.10. The minimum atomic E-state index is -0.168. The average molecular weight is 295 g/mol. The molecule has 0 amide bonds.